The monoisotopic (exact) mass is 279 g/mol. The van der Waals surface area contributed by atoms with E-state index in [1.807, 2.05) is 12.1 Å². The summed E-state index contributed by atoms with van der Waals surface area (Å²) in [5.74, 6) is 0. The van der Waals surface area contributed by atoms with Gasteiger partial charge in [0.15, 0.2) is 0 Å². The second kappa shape index (κ2) is 7.39. The number of nitrogens with one attached hydrogen (secondary N) is 1. The summed E-state index contributed by atoms with van der Waals surface area (Å²) in [6.45, 7) is 3.62. The lowest BCUT2D eigenvalue weighted by molar-refractivity contribution is 0.623. The van der Waals surface area contributed by atoms with Gasteiger partial charge >= 0.3 is 0 Å². The van der Waals surface area contributed by atoms with E-state index < -0.39 is 0 Å². The highest BCUT2D eigenvalue weighted by atomic mass is 35.5. The lowest BCUT2D eigenvalue weighted by Gasteiger charge is -2.11. The van der Waals surface area contributed by atoms with Crippen molar-refractivity contribution in [3.05, 3.63) is 33.8 Å². The van der Waals surface area contributed by atoms with Crippen LogP contribution in [0.1, 0.15) is 25.3 Å². The van der Waals surface area contributed by atoms with Gasteiger partial charge in [-0.1, -0.05) is 48.7 Å². The molecule has 1 atom stereocenters. The van der Waals surface area contributed by atoms with E-state index in [4.69, 9.17) is 34.8 Å². The smallest absolute Gasteiger partial charge is 0.0637 e. The van der Waals surface area contributed by atoms with Crippen LogP contribution in [0.3, 0.4) is 0 Å². The molecule has 0 aliphatic heterocycles. The van der Waals surface area contributed by atoms with E-state index in [9.17, 15) is 0 Å². The highest BCUT2D eigenvalue weighted by molar-refractivity contribution is 6.42. The first-order chi connectivity index (χ1) is 7.65. The average Bonchev–Trinajstić information content (AvgIpc) is 2.25. The molecule has 0 amide bonds. The fourth-order valence-corrected chi connectivity index (χ4v) is 2.18. The fraction of sp³-hybridized carbons (Fsp3) is 0.500. The molecule has 0 aliphatic rings. The van der Waals surface area contributed by atoms with Gasteiger partial charge in [0.25, 0.3) is 0 Å². The fourth-order valence-electron chi connectivity index (χ4n) is 1.46. The van der Waals surface area contributed by atoms with Gasteiger partial charge in [0.2, 0.25) is 0 Å². The maximum absolute atomic E-state index is 6.10. The minimum Gasteiger partial charge on any atom is -0.311 e. The molecule has 90 valence electrons. The Labute approximate surface area is 112 Å². The van der Waals surface area contributed by atoms with Crippen molar-refractivity contribution in [3.63, 3.8) is 0 Å². The van der Waals surface area contributed by atoms with Crippen LogP contribution in [-0.2, 0) is 6.54 Å². The average molecular weight is 281 g/mol. The van der Waals surface area contributed by atoms with Gasteiger partial charge in [-0.2, -0.15) is 0 Å². The lowest BCUT2D eigenvalue weighted by Crippen LogP contribution is -2.22. The molecule has 4 heteroatoms. The summed E-state index contributed by atoms with van der Waals surface area (Å²) in [6, 6.07) is 5.65. The predicted octanol–water partition coefficient (Wildman–Crippen LogP) is 4.49. The molecule has 0 fully saturated rings. The van der Waals surface area contributed by atoms with Gasteiger partial charge in [0.1, 0.15) is 0 Å². The van der Waals surface area contributed by atoms with Crippen LogP contribution in [0.15, 0.2) is 18.2 Å². The minimum absolute atomic E-state index is 0.183. The summed E-state index contributed by atoms with van der Waals surface area (Å²) in [4.78, 5) is 0. The number of halogens is 3. The minimum atomic E-state index is 0.183. The van der Waals surface area contributed by atoms with Crippen molar-refractivity contribution in [3.8, 4) is 0 Å². The summed E-state index contributed by atoms with van der Waals surface area (Å²) in [6.07, 6.45) is 2.13. The zero-order valence-corrected chi connectivity index (χ0v) is 11.5. The second-order valence-corrected chi connectivity index (χ2v) is 5.13. The van der Waals surface area contributed by atoms with Gasteiger partial charge < -0.3 is 5.32 Å². The van der Waals surface area contributed by atoms with Crippen molar-refractivity contribution in [1.82, 2.24) is 5.32 Å². The van der Waals surface area contributed by atoms with Crippen LogP contribution in [0.25, 0.3) is 0 Å². The van der Waals surface area contributed by atoms with Crippen molar-refractivity contribution in [2.24, 2.45) is 0 Å². The van der Waals surface area contributed by atoms with Gasteiger partial charge in [0, 0.05) is 18.5 Å². The molecular formula is C12H16Cl3N. The normalized spacial score (nSPS) is 12.8. The van der Waals surface area contributed by atoms with E-state index in [2.05, 4.69) is 12.2 Å². The summed E-state index contributed by atoms with van der Waals surface area (Å²) in [5, 5.41) is 4.68. The van der Waals surface area contributed by atoms with Gasteiger partial charge in [-0.3, -0.25) is 0 Å². The van der Waals surface area contributed by atoms with Crippen molar-refractivity contribution < 1.29 is 0 Å². The molecule has 1 rings (SSSR count). The van der Waals surface area contributed by atoms with Crippen LogP contribution < -0.4 is 5.32 Å². The van der Waals surface area contributed by atoms with Crippen molar-refractivity contribution >= 4 is 34.8 Å². The molecule has 0 saturated carbocycles. The van der Waals surface area contributed by atoms with Crippen LogP contribution in [0.2, 0.25) is 10.0 Å². The van der Waals surface area contributed by atoms with Gasteiger partial charge in [-0.05, 0) is 18.1 Å². The zero-order chi connectivity index (χ0) is 12.0. The third-order valence-electron chi connectivity index (χ3n) is 2.31. The Morgan fingerprint density at radius 2 is 2.06 bits per heavy atom. The van der Waals surface area contributed by atoms with Crippen LogP contribution in [0.5, 0.6) is 0 Å². The molecule has 1 aromatic carbocycles. The Hall–Kier alpha value is 0.0500. The number of alkyl halides is 1. The summed E-state index contributed by atoms with van der Waals surface area (Å²) < 4.78 is 0. The summed E-state index contributed by atoms with van der Waals surface area (Å²) in [7, 11) is 0. The topological polar surface area (TPSA) is 12.0 Å². The largest absolute Gasteiger partial charge is 0.311 e. The Balaban J connectivity index is 2.40. The van der Waals surface area contributed by atoms with Crippen LogP contribution in [0.4, 0.5) is 0 Å². The van der Waals surface area contributed by atoms with E-state index in [0.29, 0.717) is 16.6 Å². The molecule has 0 heterocycles. The van der Waals surface area contributed by atoms with Gasteiger partial charge in [0.05, 0.1) is 10.0 Å². The molecule has 1 aromatic rings. The van der Waals surface area contributed by atoms with Crippen molar-refractivity contribution in [1.29, 1.82) is 0 Å². The summed E-state index contributed by atoms with van der Waals surface area (Å²) in [5.41, 5.74) is 1.01. The van der Waals surface area contributed by atoms with Gasteiger partial charge in [-0.15, -0.1) is 11.6 Å². The first kappa shape index (κ1) is 14.1. The predicted molar refractivity (Wildman–Crippen MR) is 72.7 cm³/mol. The zero-order valence-electron chi connectivity index (χ0n) is 9.27. The van der Waals surface area contributed by atoms with Crippen LogP contribution in [-0.4, -0.2) is 11.9 Å². The molecule has 0 bridgehead atoms. The number of hydrogen-bond acceptors (Lipinski definition) is 1. The molecule has 0 saturated heterocycles. The molecule has 0 aliphatic carbocycles. The molecule has 1 nitrogen and oxygen atoms in total. The number of benzene rings is 1. The summed E-state index contributed by atoms with van der Waals surface area (Å²) >= 11 is 18.1. The van der Waals surface area contributed by atoms with Crippen molar-refractivity contribution in [2.45, 2.75) is 31.7 Å². The highest BCUT2D eigenvalue weighted by Gasteiger charge is 2.05. The van der Waals surface area contributed by atoms with E-state index in [0.717, 1.165) is 24.9 Å². The van der Waals surface area contributed by atoms with E-state index in [1.165, 1.54) is 0 Å². The number of rotatable bonds is 6. The van der Waals surface area contributed by atoms with Gasteiger partial charge in [-0.25, -0.2) is 0 Å². The SMILES string of the molecule is CCCC(Cl)CNCc1cccc(Cl)c1Cl. The van der Waals surface area contributed by atoms with E-state index in [1.54, 1.807) is 6.07 Å². The lowest BCUT2D eigenvalue weighted by atomic mass is 10.2. The maximum Gasteiger partial charge on any atom is 0.0637 e. The molecule has 0 radical (unpaired) electrons. The standard InChI is InChI=1S/C12H16Cl3N/c1-2-4-10(13)8-16-7-9-5-3-6-11(14)12(9)15/h3,5-6,10,16H,2,4,7-8H2,1H3. The molecule has 1 N–H and O–H groups in total. The molecule has 16 heavy (non-hydrogen) atoms. The molecular weight excluding hydrogens is 264 g/mol. The van der Waals surface area contributed by atoms with Crippen molar-refractivity contribution in [2.75, 3.05) is 6.54 Å². The number of hydrogen-bond donors (Lipinski definition) is 1. The third kappa shape index (κ3) is 4.50. The molecule has 0 aromatic heterocycles. The second-order valence-electron chi connectivity index (χ2n) is 3.73. The third-order valence-corrected chi connectivity index (χ3v) is 3.55. The Morgan fingerprint density at radius 1 is 1.31 bits per heavy atom. The molecule has 0 spiro atoms. The van der Waals surface area contributed by atoms with Crippen LogP contribution >= 0.6 is 34.8 Å². The molecule has 1 unspecified atom stereocenters. The first-order valence-electron chi connectivity index (χ1n) is 5.42. The van der Waals surface area contributed by atoms with E-state index >= 15 is 0 Å². The van der Waals surface area contributed by atoms with Crippen LogP contribution in [0, 0.1) is 0 Å². The Kier molecular flexibility index (Phi) is 6.52. The quantitative estimate of drug-likeness (QED) is 0.757. The highest BCUT2D eigenvalue weighted by Crippen LogP contribution is 2.25. The van der Waals surface area contributed by atoms with E-state index in [-0.39, 0.29) is 5.38 Å². The Morgan fingerprint density at radius 3 is 2.75 bits per heavy atom. The first-order valence-corrected chi connectivity index (χ1v) is 6.62. The maximum atomic E-state index is 6.10. The Bertz CT molecular complexity index is 328.